The summed E-state index contributed by atoms with van der Waals surface area (Å²) in [4.78, 5) is 15.6. The number of pyridine rings is 1. The van der Waals surface area contributed by atoms with E-state index in [1.54, 1.807) is 28.8 Å². The highest BCUT2D eigenvalue weighted by Crippen LogP contribution is 2.22. The van der Waals surface area contributed by atoms with Crippen molar-refractivity contribution in [1.29, 1.82) is 0 Å². The number of hydrogen-bond acceptors (Lipinski definition) is 2. The van der Waals surface area contributed by atoms with Crippen molar-refractivity contribution >= 4 is 22.2 Å². The molecule has 0 unspecified atom stereocenters. The summed E-state index contributed by atoms with van der Waals surface area (Å²) in [7, 11) is 0. The van der Waals surface area contributed by atoms with Crippen molar-refractivity contribution in [1.82, 2.24) is 9.38 Å². The zero-order valence-corrected chi connectivity index (χ0v) is 9.14. The van der Waals surface area contributed by atoms with E-state index < -0.39 is 0 Å². The fourth-order valence-electron chi connectivity index (χ4n) is 2.02. The van der Waals surface area contributed by atoms with Crippen LogP contribution in [0.1, 0.15) is 17.4 Å². The maximum Gasteiger partial charge on any atom is 0.178 e. The van der Waals surface area contributed by atoms with E-state index in [9.17, 15) is 9.18 Å². The third-order valence-electron chi connectivity index (χ3n) is 2.84. The average molecular weight is 228 g/mol. The van der Waals surface area contributed by atoms with Gasteiger partial charge in [0.05, 0.1) is 6.20 Å². The van der Waals surface area contributed by atoms with Crippen LogP contribution in [-0.4, -0.2) is 15.2 Å². The Hall–Kier alpha value is -2.23. The number of benzene rings is 1. The summed E-state index contributed by atoms with van der Waals surface area (Å²) in [5, 5.41) is 1.22. The largest absolute Gasteiger partial charge is 0.297 e. The van der Waals surface area contributed by atoms with Gasteiger partial charge < -0.3 is 0 Å². The summed E-state index contributed by atoms with van der Waals surface area (Å²) >= 11 is 0. The second kappa shape index (κ2) is 3.38. The number of fused-ring (bicyclic) bond motifs is 3. The van der Waals surface area contributed by atoms with Crippen LogP contribution in [-0.2, 0) is 0 Å². The average Bonchev–Trinajstić information content (AvgIpc) is 2.73. The van der Waals surface area contributed by atoms with Crippen LogP contribution in [0.3, 0.4) is 0 Å². The van der Waals surface area contributed by atoms with Crippen molar-refractivity contribution in [2.75, 3.05) is 0 Å². The normalized spacial score (nSPS) is 11.2. The minimum atomic E-state index is -0.280. The number of ketones is 1. The first-order chi connectivity index (χ1) is 8.18. The first-order valence-corrected chi connectivity index (χ1v) is 5.24. The monoisotopic (exact) mass is 228 g/mol. The highest BCUT2D eigenvalue weighted by Gasteiger charge is 2.11. The van der Waals surface area contributed by atoms with E-state index in [0.717, 1.165) is 0 Å². The lowest BCUT2D eigenvalue weighted by Crippen LogP contribution is -1.98. The van der Waals surface area contributed by atoms with E-state index in [1.165, 1.54) is 19.2 Å². The number of nitrogens with zero attached hydrogens (tertiary/aromatic N) is 2. The molecule has 3 nitrogen and oxygen atoms in total. The van der Waals surface area contributed by atoms with Gasteiger partial charge in [-0.2, -0.15) is 0 Å². The third-order valence-corrected chi connectivity index (χ3v) is 2.84. The lowest BCUT2D eigenvalue weighted by Gasteiger charge is -2.02. The van der Waals surface area contributed by atoms with Crippen molar-refractivity contribution in [2.45, 2.75) is 6.92 Å². The molecule has 0 aliphatic rings. The Morgan fingerprint density at radius 2 is 2.12 bits per heavy atom. The maximum absolute atomic E-state index is 13.6. The van der Waals surface area contributed by atoms with Crippen LogP contribution >= 0.6 is 0 Å². The second-order valence-corrected chi connectivity index (χ2v) is 3.91. The molecule has 0 aliphatic carbocycles. The minimum absolute atomic E-state index is 0.0618. The highest BCUT2D eigenvalue weighted by atomic mass is 19.1. The molecule has 1 aromatic carbocycles. The molecular weight excluding hydrogens is 219 g/mol. The van der Waals surface area contributed by atoms with E-state index in [2.05, 4.69) is 4.98 Å². The Bertz CT molecular complexity index is 746. The van der Waals surface area contributed by atoms with Gasteiger partial charge in [0.15, 0.2) is 5.78 Å². The van der Waals surface area contributed by atoms with E-state index in [4.69, 9.17) is 0 Å². The summed E-state index contributed by atoms with van der Waals surface area (Å²) in [5.41, 5.74) is 1.11. The van der Waals surface area contributed by atoms with Gasteiger partial charge in [0.2, 0.25) is 0 Å². The van der Waals surface area contributed by atoms with Crippen molar-refractivity contribution < 1.29 is 9.18 Å². The van der Waals surface area contributed by atoms with Crippen molar-refractivity contribution in [3.8, 4) is 0 Å². The lowest BCUT2D eigenvalue weighted by atomic mass is 10.1. The summed E-state index contributed by atoms with van der Waals surface area (Å²) in [5.74, 6) is -0.342. The predicted octanol–water partition coefficient (Wildman–Crippen LogP) is 2.83. The molecule has 0 N–H and O–H groups in total. The predicted molar refractivity (Wildman–Crippen MR) is 62.7 cm³/mol. The molecule has 0 atom stereocenters. The minimum Gasteiger partial charge on any atom is -0.297 e. The van der Waals surface area contributed by atoms with Gasteiger partial charge in [-0.3, -0.25) is 9.20 Å². The molecule has 0 radical (unpaired) electrons. The van der Waals surface area contributed by atoms with Crippen molar-refractivity contribution in [3.05, 3.63) is 48.2 Å². The Balaban J connectivity index is 2.50. The lowest BCUT2D eigenvalue weighted by molar-refractivity contribution is 0.101. The molecule has 2 heterocycles. The summed E-state index contributed by atoms with van der Waals surface area (Å²) in [6, 6.07) is 6.50. The topological polar surface area (TPSA) is 34.4 Å². The maximum atomic E-state index is 13.6. The van der Waals surface area contributed by atoms with E-state index in [0.29, 0.717) is 22.1 Å². The molecule has 0 saturated heterocycles. The fraction of sp³-hybridized carbons (Fsp3) is 0.0769. The van der Waals surface area contributed by atoms with Crippen LogP contribution in [0.4, 0.5) is 4.39 Å². The number of hydrogen-bond donors (Lipinski definition) is 0. The molecule has 3 rings (SSSR count). The van der Waals surface area contributed by atoms with E-state index >= 15 is 0 Å². The second-order valence-electron chi connectivity index (χ2n) is 3.91. The first kappa shape index (κ1) is 9.96. The summed E-state index contributed by atoms with van der Waals surface area (Å²) in [6.07, 6.45) is 3.19. The van der Waals surface area contributed by atoms with Gasteiger partial charge >= 0.3 is 0 Å². The van der Waals surface area contributed by atoms with Gasteiger partial charge in [-0.1, -0.05) is 12.1 Å². The van der Waals surface area contributed by atoms with E-state index in [-0.39, 0.29) is 11.6 Å². The quantitative estimate of drug-likeness (QED) is 0.600. The van der Waals surface area contributed by atoms with Gasteiger partial charge in [0, 0.05) is 23.9 Å². The van der Waals surface area contributed by atoms with Crippen molar-refractivity contribution in [2.24, 2.45) is 0 Å². The molecule has 0 aliphatic heterocycles. The molecule has 3 aromatic rings. The smallest absolute Gasteiger partial charge is 0.178 e. The molecule has 0 bridgehead atoms. The number of Topliss-reactive ketones (excluding diaryl/α,β-unsaturated/α-hetero) is 1. The molecule has 17 heavy (non-hydrogen) atoms. The Kier molecular flexibility index (Phi) is 1.98. The molecule has 0 fully saturated rings. The first-order valence-electron chi connectivity index (χ1n) is 5.24. The van der Waals surface area contributed by atoms with Gasteiger partial charge in [-0.05, 0) is 12.1 Å². The Morgan fingerprint density at radius 3 is 2.88 bits per heavy atom. The zero-order valence-electron chi connectivity index (χ0n) is 9.14. The van der Waals surface area contributed by atoms with Crippen molar-refractivity contribution in [3.63, 3.8) is 0 Å². The number of imidazole rings is 1. The Labute approximate surface area is 96.5 Å². The van der Waals surface area contributed by atoms with Crippen LogP contribution in [0.15, 0.2) is 36.7 Å². The van der Waals surface area contributed by atoms with Gasteiger partial charge in [0.1, 0.15) is 17.2 Å². The number of rotatable bonds is 1. The molecule has 0 spiro atoms. The highest BCUT2D eigenvalue weighted by molar-refractivity contribution is 5.98. The summed E-state index contributed by atoms with van der Waals surface area (Å²) < 4.78 is 15.3. The third kappa shape index (κ3) is 1.34. The fourth-order valence-corrected chi connectivity index (χ4v) is 2.02. The number of carbonyl (C=O) groups is 1. The van der Waals surface area contributed by atoms with E-state index in [1.807, 2.05) is 0 Å². The number of aromatic nitrogens is 2. The van der Waals surface area contributed by atoms with Crippen LogP contribution < -0.4 is 0 Å². The van der Waals surface area contributed by atoms with Gasteiger partial charge in [0.25, 0.3) is 0 Å². The number of halogens is 1. The SMILES string of the molecule is CC(=O)c1cnc2c3cccc(F)c3ccn12. The van der Waals surface area contributed by atoms with Crippen LogP contribution in [0.5, 0.6) is 0 Å². The van der Waals surface area contributed by atoms with Crippen LogP contribution in [0.25, 0.3) is 16.4 Å². The van der Waals surface area contributed by atoms with Gasteiger partial charge in [-0.25, -0.2) is 9.37 Å². The molecule has 0 amide bonds. The molecular formula is C13H9FN2O. The van der Waals surface area contributed by atoms with Gasteiger partial charge in [-0.15, -0.1) is 0 Å². The molecule has 0 saturated carbocycles. The zero-order chi connectivity index (χ0) is 12.0. The van der Waals surface area contributed by atoms with Crippen LogP contribution in [0, 0.1) is 5.82 Å². The molecule has 2 aromatic heterocycles. The Morgan fingerprint density at radius 1 is 1.29 bits per heavy atom. The number of carbonyl (C=O) groups excluding carboxylic acids is 1. The molecule has 4 heteroatoms. The standard InChI is InChI=1S/C13H9FN2O/c1-8(17)12-7-15-13-10-3-2-4-11(14)9(10)5-6-16(12)13/h2-7H,1H3. The van der Waals surface area contributed by atoms with Crippen LogP contribution in [0.2, 0.25) is 0 Å². The summed E-state index contributed by atoms with van der Waals surface area (Å²) in [6.45, 7) is 1.49. The molecule has 84 valence electrons.